The molecule has 1 fully saturated rings. The van der Waals surface area contributed by atoms with Gasteiger partial charge < -0.3 is 19.9 Å². The van der Waals surface area contributed by atoms with Crippen LogP contribution in [0, 0.1) is 11.6 Å². The van der Waals surface area contributed by atoms with Gasteiger partial charge in [-0.2, -0.15) is 62.9 Å². The molecule has 1 aliphatic heterocycles. The summed E-state index contributed by atoms with van der Waals surface area (Å²) < 4.78 is 228. The van der Waals surface area contributed by atoms with E-state index in [0.29, 0.717) is 28.6 Å². The lowest BCUT2D eigenvalue weighted by Gasteiger charge is -2.32. The van der Waals surface area contributed by atoms with Crippen molar-refractivity contribution in [3.63, 3.8) is 0 Å². The van der Waals surface area contributed by atoms with Crippen LogP contribution in [0.15, 0.2) is 89.9 Å². The normalized spacial score (nSPS) is 15.4. The Balaban J connectivity index is 0.000000249. The van der Waals surface area contributed by atoms with Gasteiger partial charge in [0, 0.05) is 69.2 Å². The molecule has 0 spiro atoms. The van der Waals surface area contributed by atoms with Gasteiger partial charge in [0.2, 0.25) is 11.8 Å². The molecule has 10 nitrogen and oxygen atoms in total. The first-order valence-electron chi connectivity index (χ1n) is 24.3. The molecule has 0 saturated carbocycles. The molecule has 2 unspecified atom stereocenters. The Hall–Kier alpha value is -5.26. The van der Waals surface area contributed by atoms with Gasteiger partial charge >= 0.3 is 43.2 Å². The maximum absolute atomic E-state index is 14.4. The van der Waals surface area contributed by atoms with E-state index in [1.54, 1.807) is 39.8 Å². The summed E-state index contributed by atoms with van der Waals surface area (Å²) in [5.41, 5.74) is -15.1. The van der Waals surface area contributed by atoms with Gasteiger partial charge in [-0.05, 0) is 102 Å². The summed E-state index contributed by atoms with van der Waals surface area (Å²) in [6.07, 6.45) is -19.5. The molecule has 84 heavy (non-hydrogen) atoms. The van der Waals surface area contributed by atoms with Crippen LogP contribution >= 0.6 is 62.3 Å². The summed E-state index contributed by atoms with van der Waals surface area (Å²) in [7, 11) is -0.848. The van der Waals surface area contributed by atoms with E-state index >= 15 is 0 Å². The number of halogens is 21. The van der Waals surface area contributed by atoms with Crippen LogP contribution < -0.4 is 16.1 Å². The number of rotatable bonds is 12. The molecule has 7 rings (SSSR count). The highest BCUT2D eigenvalue weighted by molar-refractivity contribution is 9.10. The lowest BCUT2D eigenvalue weighted by atomic mass is 9.82. The summed E-state index contributed by atoms with van der Waals surface area (Å²) >= 11 is 27.0. The molecule has 458 valence electrons. The van der Waals surface area contributed by atoms with Crippen molar-refractivity contribution in [1.82, 2.24) is 30.2 Å². The molecule has 1 aliphatic rings. The fraction of sp³-hybridized carbons (Fsp3) is 0.385. The van der Waals surface area contributed by atoms with Gasteiger partial charge in [0.05, 0.1) is 49.6 Å². The van der Waals surface area contributed by atoms with Crippen LogP contribution in [0.3, 0.4) is 0 Å². The van der Waals surface area contributed by atoms with E-state index < -0.39 is 97.4 Å². The number of hydrogen-bond acceptors (Lipinski definition) is 6. The van der Waals surface area contributed by atoms with Gasteiger partial charge in [-0.1, -0.05) is 82.2 Å². The second kappa shape index (κ2) is 25.6. The average Bonchev–Trinajstić information content (AvgIpc) is 2.45. The van der Waals surface area contributed by atoms with Crippen LogP contribution in [0.2, 0.25) is 20.1 Å². The number of alkyl halides is 14. The number of benzene rings is 4. The molecule has 2 aromatic heterocycles. The highest BCUT2D eigenvalue weighted by Gasteiger charge is 2.75. The number of nitrogens with one attached hydrogen (secondary N) is 2. The molecule has 0 bridgehead atoms. The first kappa shape index (κ1) is 69.5. The molecule has 0 radical (unpaired) electrons. The van der Waals surface area contributed by atoms with E-state index in [1.165, 1.54) is 43.0 Å². The van der Waals surface area contributed by atoms with Crippen LogP contribution in [-0.4, -0.2) is 74.4 Å². The Morgan fingerprint density at radius 1 is 0.571 bits per heavy atom. The first-order valence-corrected chi connectivity index (χ1v) is 26.6. The average molecular weight is 1360 g/mol. The number of hydrogen-bond donors (Lipinski definition) is 2. The maximum Gasteiger partial charge on any atom is 0.498 e. The SMILES string of the molecule is CC1(C)OB(c2cnn(-c3c(Cl)cc(C(F)(C(F)(F)F)C(F)(F)F)cc3Cl)c2)OC1(C)C.CCC(=O)NC(C)c1cc(-c2cnn(-c3c(Cl)cc(C(F)(C(F)(F)F)C(F)(F)F)cc3Cl)c2)ccc1F.CCC(=O)NC(C)c1cc(Br)ccc1F. The molecule has 2 N–H and O–H groups in total. The Morgan fingerprint density at radius 2 is 0.929 bits per heavy atom. The van der Waals surface area contributed by atoms with E-state index in [0.717, 1.165) is 19.9 Å². The van der Waals surface area contributed by atoms with Crippen molar-refractivity contribution in [3.05, 3.63) is 144 Å². The van der Waals surface area contributed by atoms with E-state index in [4.69, 9.17) is 55.7 Å². The minimum atomic E-state index is -6.34. The van der Waals surface area contributed by atoms with Crippen molar-refractivity contribution in [2.24, 2.45) is 0 Å². The lowest BCUT2D eigenvalue weighted by molar-refractivity contribution is -0.349. The van der Waals surface area contributed by atoms with Crippen LogP contribution in [0.25, 0.3) is 22.5 Å². The largest absolute Gasteiger partial charge is 0.498 e. The summed E-state index contributed by atoms with van der Waals surface area (Å²) in [4.78, 5) is 22.8. The zero-order valence-corrected chi connectivity index (χ0v) is 49.2. The van der Waals surface area contributed by atoms with E-state index in [1.807, 2.05) is 27.7 Å². The molecule has 2 amide bonds. The van der Waals surface area contributed by atoms with E-state index in [2.05, 4.69) is 36.8 Å². The molecule has 1 saturated heterocycles. The Labute approximate surface area is 497 Å². The third-order valence-electron chi connectivity index (χ3n) is 13.2. The van der Waals surface area contributed by atoms with Gasteiger partial charge in [0.25, 0.3) is 0 Å². The molecular formula is C52H46BBrCl4F16N6O4. The highest BCUT2D eigenvalue weighted by atomic mass is 79.9. The molecular weight excluding hydrogens is 1310 g/mol. The van der Waals surface area contributed by atoms with Gasteiger partial charge in [-0.3, -0.25) is 9.59 Å². The molecule has 32 heteroatoms. The molecule has 3 heterocycles. The third-order valence-corrected chi connectivity index (χ3v) is 14.8. The molecule has 2 atom stereocenters. The van der Waals surface area contributed by atoms with Crippen molar-refractivity contribution in [1.29, 1.82) is 0 Å². The second-order valence-corrected chi connectivity index (χ2v) is 22.1. The van der Waals surface area contributed by atoms with Crippen molar-refractivity contribution < 1.29 is 89.1 Å². The third kappa shape index (κ3) is 14.6. The summed E-state index contributed by atoms with van der Waals surface area (Å²) in [5.74, 6) is -1.28. The van der Waals surface area contributed by atoms with E-state index in [-0.39, 0.29) is 71.3 Å². The topological polar surface area (TPSA) is 112 Å². The van der Waals surface area contributed by atoms with Gasteiger partial charge in [0.15, 0.2) is 0 Å². The summed E-state index contributed by atoms with van der Waals surface area (Å²) in [6.45, 7) is 14.0. The molecule has 0 aliphatic carbocycles. The quantitative estimate of drug-likeness (QED) is 0.0932. The maximum atomic E-state index is 14.4. The number of carbonyl (C=O) groups excluding carboxylic acids is 2. The van der Waals surface area contributed by atoms with Crippen LogP contribution in [-0.2, 0) is 30.2 Å². The smallest absolute Gasteiger partial charge is 0.399 e. The van der Waals surface area contributed by atoms with Gasteiger partial charge in [0.1, 0.15) is 23.0 Å². The van der Waals surface area contributed by atoms with Crippen molar-refractivity contribution in [3.8, 4) is 22.5 Å². The Morgan fingerprint density at radius 3 is 1.31 bits per heavy atom. The molecule has 4 aromatic carbocycles. The Kier molecular flexibility index (Phi) is 21.2. The number of nitrogens with zero attached hydrogens (tertiary/aromatic N) is 4. The fourth-order valence-electron chi connectivity index (χ4n) is 7.84. The van der Waals surface area contributed by atoms with Crippen molar-refractivity contribution in [2.45, 2.75) is 128 Å². The lowest BCUT2D eigenvalue weighted by Crippen LogP contribution is -2.50. The number of aromatic nitrogens is 4. The monoisotopic (exact) mass is 1350 g/mol. The van der Waals surface area contributed by atoms with Crippen LogP contribution in [0.1, 0.15) is 103 Å². The minimum Gasteiger partial charge on any atom is -0.399 e. The summed E-state index contributed by atoms with van der Waals surface area (Å²) in [5, 5.41) is 10.5. The Bertz CT molecular complexity index is 3280. The predicted octanol–water partition coefficient (Wildman–Crippen LogP) is 16.8. The van der Waals surface area contributed by atoms with Crippen LogP contribution in [0.5, 0.6) is 0 Å². The van der Waals surface area contributed by atoms with Crippen molar-refractivity contribution in [2.75, 3.05) is 0 Å². The second-order valence-electron chi connectivity index (χ2n) is 19.6. The van der Waals surface area contributed by atoms with Gasteiger partial charge in [-0.25, -0.2) is 26.9 Å². The number of carbonyl (C=O) groups is 2. The number of amides is 2. The van der Waals surface area contributed by atoms with Crippen LogP contribution in [0.4, 0.5) is 70.2 Å². The standard InChI is InChI=1S/C23H17Cl2F8N3O.C18H16BCl2F7N2O2.C11H13BrFNO/c1-3-19(37)35-11(2)15-6-12(4-5-18(15)26)13-9-34-36(10-13)20-16(24)7-14(8-17(20)25)21(27,22(28,29)30)23(31,32)33;1-14(2)15(3,4)32-19(31-14)10-7-29-30(8-10)13-11(20)5-9(6-12(13)21)16(22,17(23,24)25)18(26,27)28;1-3-11(15)14-7(2)9-6-8(12)4-5-10(9)13/h4-11H,3H2,1-2H3,(H,35,37);5-8H,1-4H3;4-7H,3H2,1-2H3,(H,14,15). The predicted molar refractivity (Wildman–Crippen MR) is 286 cm³/mol. The first-order chi connectivity index (χ1) is 38.4. The molecule has 6 aromatic rings. The zero-order chi connectivity index (χ0) is 63.8. The van der Waals surface area contributed by atoms with Gasteiger partial charge in [-0.15, -0.1) is 0 Å². The zero-order valence-electron chi connectivity index (χ0n) is 44.6. The van der Waals surface area contributed by atoms with Crippen molar-refractivity contribution >= 4 is 86.7 Å². The van der Waals surface area contributed by atoms with E-state index in [9.17, 15) is 79.8 Å². The fourth-order valence-corrected chi connectivity index (χ4v) is 9.54. The minimum absolute atomic E-state index is 0.0816. The highest BCUT2D eigenvalue weighted by Crippen LogP contribution is 2.56. The summed E-state index contributed by atoms with van der Waals surface area (Å²) in [6, 6.07) is 8.49.